The van der Waals surface area contributed by atoms with Gasteiger partial charge in [0, 0.05) is 6.20 Å². The van der Waals surface area contributed by atoms with Crippen LogP contribution in [-0.4, -0.2) is 29.2 Å². The number of hydrogen-bond donors (Lipinski definition) is 1. The Morgan fingerprint density at radius 3 is 2.72 bits per heavy atom. The second kappa shape index (κ2) is 4.81. The molecular weight excluding hydrogens is 251 g/mol. The van der Waals surface area contributed by atoms with Crippen molar-refractivity contribution in [1.29, 1.82) is 0 Å². The van der Waals surface area contributed by atoms with Gasteiger partial charge in [-0.1, -0.05) is 0 Å². The number of rotatable bonds is 3. The van der Waals surface area contributed by atoms with Crippen molar-refractivity contribution in [3.63, 3.8) is 0 Å². The third-order valence-corrected chi connectivity index (χ3v) is 2.36. The number of hydrogen-bond acceptors (Lipinski definition) is 4. The highest BCUT2D eigenvalue weighted by Gasteiger charge is 2.30. The van der Waals surface area contributed by atoms with Gasteiger partial charge in [-0.05, 0) is 12.1 Å². The second-order valence-electron chi connectivity index (χ2n) is 3.64. The highest BCUT2D eigenvalue weighted by atomic mass is 19.4. The van der Waals surface area contributed by atoms with Crippen LogP contribution in [0.1, 0.15) is 11.3 Å². The Hall–Kier alpha value is -1.83. The first-order valence-electron chi connectivity index (χ1n) is 5.17. The maximum Gasteiger partial charge on any atom is 0.424 e. The van der Waals surface area contributed by atoms with E-state index in [0.29, 0.717) is 18.8 Å². The Morgan fingerprint density at radius 2 is 2.22 bits per heavy atom. The van der Waals surface area contributed by atoms with E-state index in [2.05, 4.69) is 15.1 Å². The van der Waals surface area contributed by atoms with Crippen molar-refractivity contribution >= 4 is 6.09 Å². The molecule has 1 amide bonds. The molecule has 0 unspecified atom stereocenters. The van der Waals surface area contributed by atoms with Crippen LogP contribution in [0.4, 0.5) is 18.0 Å². The molecule has 1 aromatic heterocycles. The first-order valence-corrected chi connectivity index (χ1v) is 5.17. The molecule has 0 spiro atoms. The van der Waals surface area contributed by atoms with Gasteiger partial charge in [0.05, 0.1) is 24.3 Å². The lowest BCUT2D eigenvalue weighted by Crippen LogP contribution is -2.38. The van der Waals surface area contributed by atoms with Gasteiger partial charge < -0.3 is 4.74 Å². The van der Waals surface area contributed by atoms with Gasteiger partial charge in [-0.15, -0.1) is 0 Å². The van der Waals surface area contributed by atoms with Crippen molar-refractivity contribution in [2.75, 3.05) is 13.2 Å². The molecule has 2 rings (SSSR count). The fourth-order valence-electron chi connectivity index (χ4n) is 1.41. The number of carbonyl (C=O) groups is 1. The first-order chi connectivity index (χ1) is 8.47. The molecule has 0 atom stereocenters. The van der Waals surface area contributed by atoms with Gasteiger partial charge in [0.2, 0.25) is 0 Å². The van der Waals surface area contributed by atoms with E-state index < -0.39 is 17.8 Å². The highest BCUT2D eigenvalue weighted by molar-refractivity contribution is 5.68. The summed E-state index contributed by atoms with van der Waals surface area (Å²) in [7, 11) is 0. The highest BCUT2D eigenvalue weighted by Crippen LogP contribution is 2.28. The van der Waals surface area contributed by atoms with Gasteiger partial charge in [0.15, 0.2) is 0 Å². The topological polar surface area (TPSA) is 54.5 Å². The zero-order valence-corrected chi connectivity index (χ0v) is 9.20. The van der Waals surface area contributed by atoms with Crippen LogP contribution in [0.25, 0.3) is 0 Å². The number of aromatic nitrogens is 1. The predicted molar refractivity (Wildman–Crippen MR) is 54.1 cm³/mol. The number of nitrogens with zero attached hydrogens (tertiary/aromatic N) is 2. The minimum Gasteiger partial charge on any atom is -0.447 e. The van der Waals surface area contributed by atoms with Gasteiger partial charge in [-0.3, -0.25) is 4.98 Å². The number of pyridine rings is 1. The molecule has 1 aliphatic rings. The largest absolute Gasteiger partial charge is 0.447 e. The van der Waals surface area contributed by atoms with E-state index in [9.17, 15) is 18.0 Å². The number of amides is 1. The summed E-state index contributed by atoms with van der Waals surface area (Å²) in [5.74, 6) is 0. The maximum absolute atomic E-state index is 12.3. The van der Waals surface area contributed by atoms with E-state index in [-0.39, 0.29) is 6.54 Å². The van der Waals surface area contributed by atoms with Gasteiger partial charge in [0.1, 0.15) is 6.61 Å². The first kappa shape index (κ1) is 12.6. The van der Waals surface area contributed by atoms with Crippen LogP contribution in [0, 0.1) is 0 Å². The van der Waals surface area contributed by atoms with Crippen LogP contribution in [0.2, 0.25) is 0 Å². The molecule has 1 aliphatic heterocycles. The number of halogens is 3. The molecule has 98 valence electrons. The summed E-state index contributed by atoms with van der Waals surface area (Å²) < 4.78 is 41.5. The summed E-state index contributed by atoms with van der Waals surface area (Å²) in [6, 6.07) is 2.21. The van der Waals surface area contributed by atoms with E-state index in [1.165, 1.54) is 11.1 Å². The van der Waals surface area contributed by atoms with Crippen LogP contribution in [0.3, 0.4) is 0 Å². The summed E-state index contributed by atoms with van der Waals surface area (Å²) in [6.45, 7) is 0.860. The lowest BCUT2D eigenvalue weighted by atomic mass is 10.2. The third kappa shape index (κ3) is 2.89. The molecule has 0 aromatic carbocycles. The number of nitrogens with one attached hydrogen (secondary N) is 1. The molecule has 0 radical (unpaired) electrons. The van der Waals surface area contributed by atoms with Crippen LogP contribution in [-0.2, 0) is 17.5 Å². The number of hydrazine groups is 1. The second-order valence-corrected chi connectivity index (χ2v) is 3.64. The summed E-state index contributed by atoms with van der Waals surface area (Å²) in [6.07, 6.45) is -4.13. The van der Waals surface area contributed by atoms with Gasteiger partial charge in [-0.25, -0.2) is 15.2 Å². The zero-order valence-electron chi connectivity index (χ0n) is 9.20. The zero-order chi connectivity index (χ0) is 13.2. The van der Waals surface area contributed by atoms with Crippen LogP contribution >= 0.6 is 0 Å². The molecule has 5 nitrogen and oxygen atoms in total. The number of ether oxygens (including phenoxy) is 1. The van der Waals surface area contributed by atoms with Crippen LogP contribution in [0.15, 0.2) is 18.3 Å². The lowest BCUT2D eigenvalue weighted by molar-refractivity contribution is -0.137. The molecule has 0 bridgehead atoms. The predicted octanol–water partition coefficient (Wildman–Crippen LogP) is 1.56. The number of carbonyl (C=O) groups excluding carboxylic acids is 1. The molecular formula is C10H10F3N3O2. The Labute approximate surface area is 101 Å². The van der Waals surface area contributed by atoms with E-state index in [4.69, 9.17) is 0 Å². The monoisotopic (exact) mass is 261 g/mol. The summed E-state index contributed by atoms with van der Waals surface area (Å²) in [5, 5.41) is 1.25. The van der Waals surface area contributed by atoms with Crippen LogP contribution < -0.4 is 5.43 Å². The molecule has 2 heterocycles. The number of alkyl halides is 3. The Kier molecular flexibility index (Phi) is 3.37. The lowest BCUT2D eigenvalue weighted by Gasteiger charge is -2.13. The third-order valence-electron chi connectivity index (χ3n) is 2.36. The molecule has 0 aliphatic carbocycles. The van der Waals surface area contributed by atoms with Gasteiger partial charge in [-0.2, -0.15) is 13.2 Å². The van der Waals surface area contributed by atoms with E-state index >= 15 is 0 Å². The molecule has 0 saturated carbocycles. The number of cyclic esters (lactones) is 1. The van der Waals surface area contributed by atoms with Gasteiger partial charge >= 0.3 is 12.3 Å². The standard InChI is InChI=1S/C10H10F3N3O2/c11-10(12,13)7-1-2-8(14-5-7)6-15-16-3-4-18-9(16)17/h1-2,5,15H,3-4,6H2. The average molecular weight is 261 g/mol. The Balaban J connectivity index is 1.92. The SMILES string of the molecule is O=C1OCCN1NCc1ccc(C(F)(F)F)cn1. The Bertz CT molecular complexity index is 433. The fourth-order valence-corrected chi connectivity index (χ4v) is 1.41. The molecule has 1 fully saturated rings. The molecule has 1 N–H and O–H groups in total. The van der Waals surface area contributed by atoms with Crippen molar-refractivity contribution in [3.8, 4) is 0 Å². The quantitative estimate of drug-likeness (QED) is 0.897. The normalized spacial score (nSPS) is 15.9. The van der Waals surface area contributed by atoms with Crippen molar-refractivity contribution in [3.05, 3.63) is 29.6 Å². The summed E-state index contributed by atoms with van der Waals surface area (Å²) >= 11 is 0. The van der Waals surface area contributed by atoms with Crippen molar-refractivity contribution in [1.82, 2.24) is 15.4 Å². The van der Waals surface area contributed by atoms with E-state index in [1.807, 2.05) is 0 Å². The minimum absolute atomic E-state index is 0.160. The van der Waals surface area contributed by atoms with Crippen molar-refractivity contribution in [2.24, 2.45) is 0 Å². The molecule has 18 heavy (non-hydrogen) atoms. The summed E-state index contributed by atoms with van der Waals surface area (Å²) in [5.41, 5.74) is 2.33. The molecule has 1 saturated heterocycles. The van der Waals surface area contributed by atoms with E-state index in [1.54, 1.807) is 0 Å². The van der Waals surface area contributed by atoms with Crippen molar-refractivity contribution in [2.45, 2.75) is 12.7 Å². The Morgan fingerprint density at radius 1 is 1.44 bits per heavy atom. The molecule has 1 aromatic rings. The maximum atomic E-state index is 12.3. The fraction of sp³-hybridized carbons (Fsp3) is 0.400. The minimum atomic E-state index is -4.39. The summed E-state index contributed by atoms with van der Waals surface area (Å²) in [4.78, 5) is 14.7. The van der Waals surface area contributed by atoms with Gasteiger partial charge in [0.25, 0.3) is 0 Å². The van der Waals surface area contributed by atoms with Crippen LogP contribution in [0.5, 0.6) is 0 Å². The van der Waals surface area contributed by atoms with Crippen molar-refractivity contribution < 1.29 is 22.7 Å². The van der Waals surface area contributed by atoms with E-state index in [0.717, 1.165) is 12.3 Å². The smallest absolute Gasteiger partial charge is 0.424 e. The molecule has 8 heteroatoms. The average Bonchev–Trinajstić information content (AvgIpc) is 2.72.